The van der Waals surface area contributed by atoms with Gasteiger partial charge in [0.25, 0.3) is 5.91 Å². The monoisotopic (exact) mass is 350 g/mol. The summed E-state index contributed by atoms with van der Waals surface area (Å²) in [4.78, 5) is 16.3. The van der Waals surface area contributed by atoms with Crippen molar-refractivity contribution in [3.05, 3.63) is 70.3 Å². The first-order valence-electron chi connectivity index (χ1n) is 6.46. The van der Waals surface area contributed by atoms with E-state index in [2.05, 4.69) is 15.4 Å². The van der Waals surface area contributed by atoms with Crippen molar-refractivity contribution in [1.82, 2.24) is 14.8 Å². The van der Waals surface area contributed by atoms with Gasteiger partial charge in [0, 0.05) is 12.4 Å². The number of nitrogens with zero attached hydrogens (tertiary/aromatic N) is 3. The zero-order chi connectivity index (χ0) is 16.4. The SMILES string of the molecule is O=C(Nc1ccc(-n2cccn2)nc1)c1cc(F)c(Cl)cc1Cl. The summed E-state index contributed by atoms with van der Waals surface area (Å²) in [5.41, 5.74) is 0.432. The van der Waals surface area contributed by atoms with Crippen molar-refractivity contribution in [3.8, 4) is 5.82 Å². The van der Waals surface area contributed by atoms with Crippen LogP contribution in [0.25, 0.3) is 5.82 Å². The van der Waals surface area contributed by atoms with E-state index in [0.717, 1.165) is 6.07 Å². The van der Waals surface area contributed by atoms with Crippen molar-refractivity contribution in [2.75, 3.05) is 5.32 Å². The van der Waals surface area contributed by atoms with Gasteiger partial charge in [-0.3, -0.25) is 4.79 Å². The van der Waals surface area contributed by atoms with Gasteiger partial charge < -0.3 is 5.32 Å². The van der Waals surface area contributed by atoms with Gasteiger partial charge in [-0.1, -0.05) is 23.2 Å². The van der Waals surface area contributed by atoms with Crippen LogP contribution in [0.15, 0.2) is 48.9 Å². The van der Waals surface area contributed by atoms with Gasteiger partial charge in [-0.2, -0.15) is 5.10 Å². The van der Waals surface area contributed by atoms with Crippen molar-refractivity contribution >= 4 is 34.8 Å². The van der Waals surface area contributed by atoms with E-state index in [9.17, 15) is 9.18 Å². The van der Waals surface area contributed by atoms with Crippen LogP contribution < -0.4 is 5.32 Å². The molecule has 2 heterocycles. The lowest BCUT2D eigenvalue weighted by Gasteiger charge is -2.08. The Morgan fingerprint density at radius 3 is 2.70 bits per heavy atom. The van der Waals surface area contributed by atoms with E-state index in [0.29, 0.717) is 11.5 Å². The van der Waals surface area contributed by atoms with Gasteiger partial charge in [0.15, 0.2) is 5.82 Å². The van der Waals surface area contributed by atoms with Gasteiger partial charge in [0.2, 0.25) is 0 Å². The van der Waals surface area contributed by atoms with Gasteiger partial charge in [-0.15, -0.1) is 0 Å². The predicted octanol–water partition coefficient (Wildman–Crippen LogP) is 3.97. The lowest BCUT2D eigenvalue weighted by molar-refractivity contribution is 0.102. The number of carbonyl (C=O) groups is 1. The van der Waals surface area contributed by atoms with E-state index in [4.69, 9.17) is 23.2 Å². The average Bonchev–Trinajstić information content (AvgIpc) is 3.06. The first-order chi connectivity index (χ1) is 11.0. The molecule has 0 spiro atoms. The van der Waals surface area contributed by atoms with Crippen LogP contribution in [-0.2, 0) is 0 Å². The maximum absolute atomic E-state index is 13.5. The lowest BCUT2D eigenvalue weighted by atomic mass is 10.2. The van der Waals surface area contributed by atoms with Crippen molar-refractivity contribution < 1.29 is 9.18 Å². The Bertz CT molecular complexity index is 851. The maximum Gasteiger partial charge on any atom is 0.257 e. The van der Waals surface area contributed by atoms with Crippen LogP contribution in [0, 0.1) is 5.82 Å². The van der Waals surface area contributed by atoms with Crippen molar-refractivity contribution in [2.24, 2.45) is 0 Å². The predicted molar refractivity (Wildman–Crippen MR) is 85.7 cm³/mol. The summed E-state index contributed by atoms with van der Waals surface area (Å²) in [6.45, 7) is 0. The molecule has 0 fully saturated rings. The third-order valence-corrected chi connectivity index (χ3v) is 3.60. The minimum absolute atomic E-state index is 0.00952. The Balaban J connectivity index is 1.79. The molecule has 1 N–H and O–H groups in total. The molecule has 0 radical (unpaired) electrons. The standard InChI is InChI=1S/C15H9Cl2FN4O/c16-11-7-12(17)13(18)6-10(11)15(23)21-9-2-3-14(19-8-9)22-5-1-4-20-22/h1-8H,(H,21,23). The maximum atomic E-state index is 13.5. The van der Waals surface area contributed by atoms with E-state index >= 15 is 0 Å². The van der Waals surface area contributed by atoms with Crippen LogP contribution in [0.3, 0.4) is 0 Å². The van der Waals surface area contributed by atoms with Crippen molar-refractivity contribution in [2.45, 2.75) is 0 Å². The van der Waals surface area contributed by atoms with Crippen LogP contribution in [0.1, 0.15) is 10.4 Å². The molecule has 2 aromatic heterocycles. The van der Waals surface area contributed by atoms with Gasteiger partial charge in [-0.05, 0) is 30.3 Å². The molecule has 0 atom stereocenters. The summed E-state index contributed by atoms with van der Waals surface area (Å²) in [7, 11) is 0. The minimum atomic E-state index is -0.714. The number of rotatable bonds is 3. The van der Waals surface area contributed by atoms with E-state index in [1.54, 1.807) is 35.3 Å². The van der Waals surface area contributed by atoms with E-state index in [-0.39, 0.29) is 15.6 Å². The Morgan fingerprint density at radius 1 is 1.22 bits per heavy atom. The molecule has 0 aliphatic rings. The van der Waals surface area contributed by atoms with Crippen LogP contribution in [0.4, 0.5) is 10.1 Å². The van der Waals surface area contributed by atoms with Gasteiger partial charge >= 0.3 is 0 Å². The number of anilines is 1. The molecule has 8 heteroatoms. The fourth-order valence-corrected chi connectivity index (χ4v) is 2.36. The highest BCUT2D eigenvalue weighted by molar-refractivity contribution is 6.37. The second kappa shape index (κ2) is 6.36. The summed E-state index contributed by atoms with van der Waals surface area (Å²) >= 11 is 11.5. The highest BCUT2D eigenvalue weighted by Crippen LogP contribution is 2.25. The van der Waals surface area contributed by atoms with Crippen LogP contribution in [0.5, 0.6) is 0 Å². The summed E-state index contributed by atoms with van der Waals surface area (Å²) in [6, 6.07) is 7.29. The Hall–Kier alpha value is -2.44. The summed E-state index contributed by atoms with van der Waals surface area (Å²) in [6.07, 6.45) is 4.85. The van der Waals surface area contributed by atoms with Crippen LogP contribution >= 0.6 is 23.2 Å². The number of hydrogen-bond acceptors (Lipinski definition) is 3. The number of amides is 1. The first-order valence-corrected chi connectivity index (χ1v) is 7.22. The lowest BCUT2D eigenvalue weighted by Crippen LogP contribution is -2.13. The normalized spacial score (nSPS) is 10.6. The molecule has 3 rings (SSSR count). The molecular weight excluding hydrogens is 342 g/mol. The summed E-state index contributed by atoms with van der Waals surface area (Å²) in [5.74, 6) is -0.670. The largest absolute Gasteiger partial charge is 0.321 e. The molecule has 1 amide bonds. The Labute approximate surface area is 140 Å². The molecule has 0 aliphatic carbocycles. The molecule has 0 saturated heterocycles. The molecule has 0 aliphatic heterocycles. The third-order valence-electron chi connectivity index (χ3n) is 3.00. The molecule has 3 aromatic rings. The quantitative estimate of drug-likeness (QED) is 0.727. The van der Waals surface area contributed by atoms with Gasteiger partial charge in [0.05, 0.1) is 27.5 Å². The highest BCUT2D eigenvalue weighted by atomic mass is 35.5. The number of pyridine rings is 1. The first kappa shape index (κ1) is 15.5. The number of hydrogen-bond donors (Lipinski definition) is 1. The number of benzene rings is 1. The number of halogens is 3. The van der Waals surface area contributed by atoms with Gasteiger partial charge in [-0.25, -0.2) is 14.1 Å². The van der Waals surface area contributed by atoms with Crippen molar-refractivity contribution in [3.63, 3.8) is 0 Å². The fraction of sp³-hybridized carbons (Fsp3) is 0. The third kappa shape index (κ3) is 3.33. The number of carbonyl (C=O) groups excluding carboxylic acids is 1. The summed E-state index contributed by atoms with van der Waals surface area (Å²) < 4.78 is 15.1. The molecule has 0 bridgehead atoms. The molecule has 5 nitrogen and oxygen atoms in total. The zero-order valence-electron chi connectivity index (χ0n) is 11.5. The molecule has 0 saturated carbocycles. The molecular formula is C15H9Cl2FN4O. The molecule has 0 unspecified atom stereocenters. The molecule has 116 valence electrons. The second-order valence-corrected chi connectivity index (χ2v) is 5.37. The summed E-state index contributed by atoms with van der Waals surface area (Å²) in [5, 5.41) is 6.57. The van der Waals surface area contributed by atoms with Crippen molar-refractivity contribution in [1.29, 1.82) is 0 Å². The topological polar surface area (TPSA) is 59.8 Å². The van der Waals surface area contributed by atoms with Crippen LogP contribution in [-0.4, -0.2) is 20.7 Å². The number of aromatic nitrogens is 3. The Kier molecular flexibility index (Phi) is 4.27. The fourth-order valence-electron chi connectivity index (χ4n) is 1.89. The second-order valence-electron chi connectivity index (χ2n) is 4.56. The Morgan fingerprint density at radius 2 is 2.04 bits per heavy atom. The zero-order valence-corrected chi connectivity index (χ0v) is 13.0. The number of nitrogens with one attached hydrogen (secondary N) is 1. The smallest absolute Gasteiger partial charge is 0.257 e. The highest BCUT2D eigenvalue weighted by Gasteiger charge is 2.14. The minimum Gasteiger partial charge on any atom is -0.321 e. The van der Waals surface area contributed by atoms with E-state index in [1.165, 1.54) is 12.3 Å². The van der Waals surface area contributed by atoms with E-state index < -0.39 is 11.7 Å². The molecule has 1 aromatic carbocycles. The van der Waals surface area contributed by atoms with E-state index in [1.807, 2.05) is 0 Å². The molecule has 23 heavy (non-hydrogen) atoms. The average molecular weight is 351 g/mol. The van der Waals surface area contributed by atoms with Crippen LogP contribution in [0.2, 0.25) is 10.0 Å². The van der Waals surface area contributed by atoms with Gasteiger partial charge in [0.1, 0.15) is 5.82 Å².